The van der Waals surface area contributed by atoms with E-state index in [9.17, 15) is 4.79 Å². The van der Waals surface area contributed by atoms with Gasteiger partial charge >= 0.3 is 0 Å². The van der Waals surface area contributed by atoms with Gasteiger partial charge < -0.3 is 5.11 Å². The van der Waals surface area contributed by atoms with Gasteiger partial charge in [0, 0.05) is 0 Å². The lowest BCUT2D eigenvalue weighted by Crippen LogP contribution is -2.31. The van der Waals surface area contributed by atoms with Crippen molar-refractivity contribution in [1.29, 1.82) is 0 Å². The van der Waals surface area contributed by atoms with Crippen LogP contribution in [-0.2, 0) is 9.63 Å². The van der Waals surface area contributed by atoms with Crippen LogP contribution in [0.3, 0.4) is 0 Å². The van der Waals surface area contributed by atoms with Crippen molar-refractivity contribution in [3.05, 3.63) is 0 Å². The highest BCUT2D eigenvalue weighted by Gasteiger charge is 2.17. The van der Waals surface area contributed by atoms with Crippen LogP contribution in [0.5, 0.6) is 0 Å². The molecule has 10 heavy (non-hydrogen) atoms. The second-order valence-electron chi connectivity index (χ2n) is 2.72. The highest BCUT2D eigenvalue weighted by molar-refractivity contribution is 5.75. The molecular weight excluding hydrogens is 134 g/mol. The lowest BCUT2D eigenvalue weighted by molar-refractivity contribution is -0.135. The number of carbonyl (C=O) groups is 1. The zero-order chi connectivity index (χ0) is 8.20. The molecule has 1 amide bonds. The molecule has 0 spiro atoms. The summed E-state index contributed by atoms with van der Waals surface area (Å²) in [6.45, 7) is 3.12. The van der Waals surface area contributed by atoms with E-state index < -0.39 is 5.60 Å². The van der Waals surface area contributed by atoms with Gasteiger partial charge in [0.1, 0.15) is 0 Å². The van der Waals surface area contributed by atoms with Crippen molar-refractivity contribution in [1.82, 2.24) is 5.48 Å². The Kier molecular flexibility index (Phi) is 3.32. The molecule has 0 saturated heterocycles. The van der Waals surface area contributed by atoms with Gasteiger partial charge in [-0.3, -0.25) is 9.63 Å². The third-order valence-electron chi connectivity index (χ3n) is 0.809. The minimum absolute atomic E-state index is 0.0425. The Morgan fingerprint density at radius 2 is 2.20 bits per heavy atom. The highest BCUT2D eigenvalue weighted by atomic mass is 16.6. The Bertz CT molecular complexity index is 117. The van der Waals surface area contributed by atoms with Crippen LogP contribution in [0.25, 0.3) is 0 Å². The second-order valence-corrected chi connectivity index (χ2v) is 2.72. The van der Waals surface area contributed by atoms with Crippen LogP contribution in [0.4, 0.5) is 0 Å². The highest BCUT2D eigenvalue weighted by Crippen LogP contribution is 2.05. The Labute approximate surface area is 60.1 Å². The summed E-state index contributed by atoms with van der Waals surface area (Å²) < 4.78 is 0. The Morgan fingerprint density at radius 1 is 1.70 bits per heavy atom. The third-order valence-corrected chi connectivity index (χ3v) is 0.809. The molecule has 0 atom stereocenters. The molecule has 0 rings (SSSR count). The molecule has 0 fully saturated rings. The number of hydrogen-bond acceptors (Lipinski definition) is 3. The maximum Gasteiger partial charge on any atom is 0.246 e. The zero-order valence-corrected chi connectivity index (χ0v) is 6.47. The number of carbonyl (C=O) groups excluding carboxylic acids is 1. The van der Waals surface area contributed by atoms with Gasteiger partial charge in [0.2, 0.25) is 5.91 Å². The molecule has 0 unspecified atom stereocenters. The van der Waals surface area contributed by atoms with Gasteiger partial charge in [0.25, 0.3) is 0 Å². The Morgan fingerprint density at radius 3 is 2.50 bits per heavy atom. The molecule has 0 saturated carbocycles. The summed E-state index contributed by atoms with van der Waals surface area (Å²) in [6.07, 6.45) is 0.0425. The van der Waals surface area contributed by atoms with Gasteiger partial charge in [-0.15, -0.1) is 0 Å². The van der Waals surface area contributed by atoms with Crippen LogP contribution in [0.15, 0.2) is 0 Å². The average molecular weight is 147 g/mol. The van der Waals surface area contributed by atoms with E-state index in [1.807, 2.05) is 0 Å². The number of nitrogens with one attached hydrogen (secondary N) is 1. The number of hydroxylamine groups is 1. The molecular formula is C6H13NO3. The minimum atomic E-state index is -0.970. The van der Waals surface area contributed by atoms with Crippen molar-refractivity contribution >= 4 is 5.91 Å². The summed E-state index contributed by atoms with van der Waals surface area (Å²) in [5.41, 5.74) is 1.13. The van der Waals surface area contributed by atoms with E-state index in [0.29, 0.717) is 0 Å². The van der Waals surface area contributed by atoms with Gasteiger partial charge in [-0.05, 0) is 13.8 Å². The molecule has 0 heterocycles. The van der Waals surface area contributed by atoms with E-state index in [2.05, 4.69) is 10.3 Å². The number of amides is 1. The molecule has 0 aromatic carbocycles. The van der Waals surface area contributed by atoms with Crippen LogP contribution in [0.2, 0.25) is 0 Å². The molecule has 0 aliphatic rings. The predicted octanol–water partition coefficient (Wildman–Crippen LogP) is -0.175. The van der Waals surface area contributed by atoms with Crippen molar-refractivity contribution in [2.75, 3.05) is 7.11 Å². The fraction of sp³-hybridized carbons (Fsp3) is 0.833. The van der Waals surface area contributed by atoms with Crippen LogP contribution in [0, 0.1) is 0 Å². The monoisotopic (exact) mass is 147 g/mol. The SMILES string of the molecule is CONC(=O)CC(C)(C)O. The van der Waals surface area contributed by atoms with E-state index in [4.69, 9.17) is 5.11 Å². The van der Waals surface area contributed by atoms with Crippen LogP contribution in [0.1, 0.15) is 20.3 Å². The summed E-state index contributed by atoms with van der Waals surface area (Å²) in [4.78, 5) is 15.0. The average Bonchev–Trinajstić information content (AvgIpc) is 1.59. The molecule has 0 bridgehead atoms. The zero-order valence-electron chi connectivity index (χ0n) is 6.47. The molecule has 0 aromatic heterocycles. The topological polar surface area (TPSA) is 58.6 Å². The van der Waals surface area contributed by atoms with E-state index in [-0.39, 0.29) is 12.3 Å². The fourth-order valence-corrected chi connectivity index (χ4v) is 0.543. The molecule has 4 nitrogen and oxygen atoms in total. The van der Waals surface area contributed by atoms with Crippen LogP contribution < -0.4 is 5.48 Å². The molecule has 0 aliphatic carbocycles. The van der Waals surface area contributed by atoms with Gasteiger partial charge in [0.05, 0.1) is 19.1 Å². The normalized spacial score (nSPS) is 11.2. The predicted molar refractivity (Wildman–Crippen MR) is 36.1 cm³/mol. The van der Waals surface area contributed by atoms with Crippen molar-refractivity contribution in [2.24, 2.45) is 0 Å². The molecule has 0 aromatic rings. The van der Waals surface area contributed by atoms with E-state index >= 15 is 0 Å². The van der Waals surface area contributed by atoms with E-state index in [0.717, 1.165) is 0 Å². The smallest absolute Gasteiger partial charge is 0.246 e. The lowest BCUT2D eigenvalue weighted by atomic mass is 10.1. The van der Waals surface area contributed by atoms with Crippen molar-refractivity contribution in [2.45, 2.75) is 25.9 Å². The molecule has 2 N–H and O–H groups in total. The summed E-state index contributed by atoms with van der Waals surface area (Å²) in [6, 6.07) is 0. The maximum absolute atomic E-state index is 10.7. The first-order valence-electron chi connectivity index (χ1n) is 3.00. The maximum atomic E-state index is 10.7. The van der Waals surface area contributed by atoms with Crippen LogP contribution >= 0.6 is 0 Å². The van der Waals surface area contributed by atoms with Crippen molar-refractivity contribution in [3.63, 3.8) is 0 Å². The first-order valence-corrected chi connectivity index (χ1v) is 3.00. The molecule has 0 radical (unpaired) electrons. The standard InChI is InChI=1S/C6H13NO3/c1-6(2,9)4-5(8)7-10-3/h9H,4H2,1-3H3,(H,7,8). The van der Waals surface area contributed by atoms with Gasteiger partial charge in [-0.25, -0.2) is 5.48 Å². The summed E-state index contributed by atoms with van der Waals surface area (Å²) in [5, 5.41) is 9.10. The second kappa shape index (κ2) is 3.53. The first-order chi connectivity index (χ1) is 4.45. The largest absolute Gasteiger partial charge is 0.390 e. The Balaban J connectivity index is 3.58. The van der Waals surface area contributed by atoms with Gasteiger partial charge in [-0.1, -0.05) is 0 Å². The van der Waals surface area contributed by atoms with Crippen molar-refractivity contribution in [3.8, 4) is 0 Å². The molecule has 4 heteroatoms. The van der Waals surface area contributed by atoms with Crippen LogP contribution in [-0.4, -0.2) is 23.7 Å². The summed E-state index contributed by atoms with van der Waals surface area (Å²) in [5.74, 6) is -0.324. The molecule has 0 aliphatic heterocycles. The van der Waals surface area contributed by atoms with Gasteiger partial charge in [-0.2, -0.15) is 0 Å². The lowest BCUT2D eigenvalue weighted by Gasteiger charge is -2.15. The minimum Gasteiger partial charge on any atom is -0.390 e. The summed E-state index contributed by atoms with van der Waals surface area (Å²) in [7, 11) is 1.35. The number of hydrogen-bond donors (Lipinski definition) is 2. The third kappa shape index (κ3) is 5.53. The van der Waals surface area contributed by atoms with E-state index in [1.165, 1.54) is 7.11 Å². The van der Waals surface area contributed by atoms with Crippen molar-refractivity contribution < 1.29 is 14.7 Å². The first kappa shape index (κ1) is 9.39. The quantitative estimate of drug-likeness (QED) is 0.545. The van der Waals surface area contributed by atoms with Gasteiger partial charge in [0.15, 0.2) is 0 Å². The fourth-order valence-electron chi connectivity index (χ4n) is 0.543. The van der Waals surface area contributed by atoms with E-state index in [1.54, 1.807) is 13.8 Å². The number of aliphatic hydroxyl groups is 1. The summed E-state index contributed by atoms with van der Waals surface area (Å²) >= 11 is 0. The Hall–Kier alpha value is -0.610. The number of rotatable bonds is 3. The molecule has 60 valence electrons.